The first-order valence-corrected chi connectivity index (χ1v) is 6.92. The largest absolute Gasteiger partial charge is 0.481 e. The maximum Gasteiger partial charge on any atom is 0.336 e. The van der Waals surface area contributed by atoms with Crippen molar-refractivity contribution in [1.82, 2.24) is 4.98 Å². The van der Waals surface area contributed by atoms with E-state index < -0.39 is 5.97 Å². The van der Waals surface area contributed by atoms with Crippen molar-refractivity contribution in [1.29, 1.82) is 0 Å². The van der Waals surface area contributed by atoms with Crippen molar-refractivity contribution >= 4 is 33.7 Å². The van der Waals surface area contributed by atoms with E-state index in [0.717, 1.165) is 9.79 Å². The number of aromatic nitrogens is 1. The van der Waals surface area contributed by atoms with Crippen LogP contribution in [-0.4, -0.2) is 23.2 Å². The number of halogens is 1. The molecule has 1 N–H and O–H groups in total. The minimum atomic E-state index is -0.957. The molecule has 98 valence electrons. The summed E-state index contributed by atoms with van der Waals surface area (Å²) in [5.74, 6) is -0.429. The van der Waals surface area contributed by atoms with Gasteiger partial charge in [0.2, 0.25) is 5.88 Å². The highest BCUT2D eigenvalue weighted by atomic mass is 79.9. The molecule has 0 unspecified atom stereocenters. The highest BCUT2D eigenvalue weighted by Crippen LogP contribution is 2.31. The molecule has 1 aromatic carbocycles. The van der Waals surface area contributed by atoms with Crippen LogP contribution in [0.5, 0.6) is 5.88 Å². The van der Waals surface area contributed by atoms with Crippen molar-refractivity contribution in [2.45, 2.75) is 9.79 Å². The summed E-state index contributed by atoms with van der Waals surface area (Å²) >= 11 is 4.67. The molecule has 0 saturated heterocycles. The molecule has 0 radical (unpaired) electrons. The molecule has 19 heavy (non-hydrogen) atoms. The molecule has 1 heterocycles. The summed E-state index contributed by atoms with van der Waals surface area (Å²) in [4.78, 5) is 16.9. The molecule has 0 bridgehead atoms. The molecule has 0 aliphatic heterocycles. The molecule has 2 aromatic rings. The van der Waals surface area contributed by atoms with Crippen molar-refractivity contribution in [3.63, 3.8) is 0 Å². The summed E-state index contributed by atoms with van der Waals surface area (Å²) in [6.07, 6.45) is 1.65. The van der Waals surface area contributed by atoms with Crippen LogP contribution in [0.1, 0.15) is 10.4 Å². The standard InChI is InChI=1S/C13H10BrNO3S/c1-18-12-7-9(4-5-15-12)19-8-2-3-11(14)10(6-8)13(16)17/h2-7H,1H3,(H,16,17). The van der Waals surface area contributed by atoms with Crippen molar-refractivity contribution in [2.75, 3.05) is 7.11 Å². The van der Waals surface area contributed by atoms with Crippen LogP contribution in [0.25, 0.3) is 0 Å². The summed E-state index contributed by atoms with van der Waals surface area (Å²) < 4.78 is 5.61. The number of carbonyl (C=O) groups is 1. The fourth-order valence-electron chi connectivity index (χ4n) is 1.43. The van der Waals surface area contributed by atoms with Gasteiger partial charge in [-0.2, -0.15) is 0 Å². The average molecular weight is 340 g/mol. The first kappa shape index (κ1) is 13.9. The molecule has 4 nitrogen and oxygen atoms in total. The molecular weight excluding hydrogens is 330 g/mol. The first-order valence-electron chi connectivity index (χ1n) is 5.31. The van der Waals surface area contributed by atoms with Crippen molar-refractivity contribution in [3.8, 4) is 5.88 Å². The number of carboxylic acids is 1. The lowest BCUT2D eigenvalue weighted by molar-refractivity contribution is 0.0695. The zero-order chi connectivity index (χ0) is 13.8. The second-order valence-electron chi connectivity index (χ2n) is 3.58. The zero-order valence-electron chi connectivity index (χ0n) is 9.96. The summed E-state index contributed by atoms with van der Waals surface area (Å²) in [5, 5.41) is 9.07. The fourth-order valence-corrected chi connectivity index (χ4v) is 2.72. The van der Waals surface area contributed by atoms with E-state index in [1.807, 2.05) is 12.1 Å². The van der Waals surface area contributed by atoms with Gasteiger partial charge in [-0.1, -0.05) is 11.8 Å². The Balaban J connectivity index is 2.28. The Bertz CT molecular complexity index is 619. The molecule has 1 aromatic heterocycles. The van der Waals surface area contributed by atoms with Gasteiger partial charge in [0.15, 0.2) is 0 Å². The number of rotatable bonds is 4. The second-order valence-corrected chi connectivity index (χ2v) is 5.58. The average Bonchev–Trinajstić information content (AvgIpc) is 2.41. The summed E-state index contributed by atoms with van der Waals surface area (Å²) in [7, 11) is 1.55. The molecule has 0 spiro atoms. The van der Waals surface area contributed by atoms with E-state index in [2.05, 4.69) is 20.9 Å². The molecule has 0 saturated carbocycles. The number of carboxylic acid groups (broad SMARTS) is 1. The van der Waals surface area contributed by atoms with Gasteiger partial charge in [-0.3, -0.25) is 0 Å². The van der Waals surface area contributed by atoms with Crippen LogP contribution in [0, 0.1) is 0 Å². The Hall–Kier alpha value is -1.53. The van der Waals surface area contributed by atoms with Gasteiger partial charge >= 0.3 is 5.97 Å². The number of aromatic carboxylic acids is 1. The van der Waals surface area contributed by atoms with Gasteiger partial charge < -0.3 is 9.84 Å². The molecular formula is C13H10BrNO3S. The van der Waals surface area contributed by atoms with Crippen LogP contribution in [0.15, 0.2) is 50.8 Å². The minimum absolute atomic E-state index is 0.242. The number of benzene rings is 1. The molecule has 0 aliphatic carbocycles. The molecule has 0 atom stereocenters. The number of hydrogen-bond acceptors (Lipinski definition) is 4. The normalized spacial score (nSPS) is 10.2. The highest BCUT2D eigenvalue weighted by molar-refractivity contribution is 9.10. The summed E-state index contributed by atoms with van der Waals surface area (Å²) in [6.45, 7) is 0. The highest BCUT2D eigenvalue weighted by Gasteiger charge is 2.10. The van der Waals surface area contributed by atoms with Gasteiger partial charge in [-0.15, -0.1) is 0 Å². The topological polar surface area (TPSA) is 59.4 Å². The Labute approximate surface area is 122 Å². The van der Waals surface area contributed by atoms with Crippen LogP contribution in [0.4, 0.5) is 0 Å². The number of methoxy groups -OCH3 is 1. The molecule has 6 heteroatoms. The Morgan fingerprint density at radius 3 is 2.74 bits per heavy atom. The third-order valence-electron chi connectivity index (χ3n) is 2.32. The quantitative estimate of drug-likeness (QED) is 0.920. The lowest BCUT2D eigenvalue weighted by atomic mass is 10.2. The second kappa shape index (κ2) is 6.08. The van der Waals surface area contributed by atoms with Crippen LogP contribution >= 0.6 is 27.7 Å². The van der Waals surface area contributed by atoms with Crippen molar-refractivity contribution < 1.29 is 14.6 Å². The van der Waals surface area contributed by atoms with Crippen molar-refractivity contribution in [3.05, 3.63) is 46.6 Å². The number of nitrogens with zero attached hydrogens (tertiary/aromatic N) is 1. The number of pyridine rings is 1. The van der Waals surface area contributed by atoms with Crippen LogP contribution < -0.4 is 4.74 Å². The van der Waals surface area contributed by atoms with Gasteiger partial charge in [0, 0.05) is 26.5 Å². The van der Waals surface area contributed by atoms with Gasteiger partial charge in [0.25, 0.3) is 0 Å². The smallest absolute Gasteiger partial charge is 0.336 e. The van der Waals surface area contributed by atoms with Gasteiger partial charge in [-0.25, -0.2) is 9.78 Å². The van der Waals surface area contributed by atoms with Crippen molar-refractivity contribution in [2.24, 2.45) is 0 Å². The Kier molecular flexibility index (Phi) is 4.44. The molecule has 0 fully saturated rings. The van der Waals surface area contributed by atoms with E-state index in [9.17, 15) is 4.79 Å². The molecule has 2 rings (SSSR count). The van der Waals surface area contributed by atoms with E-state index in [-0.39, 0.29) is 5.56 Å². The van der Waals surface area contributed by atoms with E-state index in [1.165, 1.54) is 11.8 Å². The predicted molar refractivity (Wildman–Crippen MR) is 76.0 cm³/mol. The van der Waals surface area contributed by atoms with Crippen LogP contribution in [0.3, 0.4) is 0 Å². The van der Waals surface area contributed by atoms with E-state index in [0.29, 0.717) is 10.4 Å². The van der Waals surface area contributed by atoms with E-state index >= 15 is 0 Å². The SMILES string of the molecule is COc1cc(Sc2ccc(Br)c(C(=O)O)c2)ccn1. The van der Waals surface area contributed by atoms with Crippen LogP contribution in [0.2, 0.25) is 0 Å². The van der Waals surface area contributed by atoms with Gasteiger partial charge in [-0.05, 0) is 40.2 Å². The Morgan fingerprint density at radius 2 is 2.05 bits per heavy atom. The lowest BCUT2D eigenvalue weighted by Gasteiger charge is -2.05. The van der Waals surface area contributed by atoms with Gasteiger partial charge in [0.05, 0.1) is 12.7 Å². The summed E-state index contributed by atoms with van der Waals surface area (Å²) in [5.41, 5.74) is 0.242. The predicted octanol–water partition coefficient (Wildman–Crippen LogP) is 3.70. The number of hydrogen-bond donors (Lipinski definition) is 1. The van der Waals surface area contributed by atoms with E-state index in [1.54, 1.807) is 31.5 Å². The zero-order valence-corrected chi connectivity index (χ0v) is 12.4. The van der Waals surface area contributed by atoms with Crippen LogP contribution in [-0.2, 0) is 0 Å². The lowest BCUT2D eigenvalue weighted by Crippen LogP contribution is -1.97. The third kappa shape index (κ3) is 3.48. The molecule has 0 amide bonds. The van der Waals surface area contributed by atoms with E-state index in [4.69, 9.17) is 9.84 Å². The third-order valence-corrected chi connectivity index (χ3v) is 3.99. The summed E-state index contributed by atoms with van der Waals surface area (Å²) in [6, 6.07) is 8.85. The maximum absolute atomic E-state index is 11.1. The molecule has 0 aliphatic rings. The maximum atomic E-state index is 11.1. The monoisotopic (exact) mass is 339 g/mol. The first-order chi connectivity index (χ1) is 9.10. The number of ether oxygens (including phenoxy) is 1. The Morgan fingerprint density at radius 1 is 1.32 bits per heavy atom. The van der Waals surface area contributed by atoms with Gasteiger partial charge in [0.1, 0.15) is 0 Å². The minimum Gasteiger partial charge on any atom is -0.481 e. The fraction of sp³-hybridized carbons (Fsp3) is 0.0769.